The van der Waals surface area contributed by atoms with Gasteiger partial charge in [-0.05, 0) is 12.5 Å². The molecule has 19 heavy (non-hydrogen) atoms. The number of nitrogens with one attached hydrogen (secondary N) is 1. The van der Waals surface area contributed by atoms with Gasteiger partial charge >= 0.3 is 6.01 Å². The van der Waals surface area contributed by atoms with Gasteiger partial charge in [0.2, 0.25) is 5.89 Å². The number of aliphatic hydroxyl groups excluding tert-OH is 1. The minimum atomic E-state index is 0.0347. The summed E-state index contributed by atoms with van der Waals surface area (Å²) in [6.07, 6.45) is 0. The van der Waals surface area contributed by atoms with Gasteiger partial charge in [-0.3, -0.25) is 0 Å². The molecule has 0 amide bonds. The quantitative estimate of drug-likeness (QED) is 0.632. The summed E-state index contributed by atoms with van der Waals surface area (Å²) in [7, 11) is 1.63. The van der Waals surface area contributed by atoms with E-state index >= 15 is 0 Å². The second kappa shape index (κ2) is 8.84. The molecular weight excluding hydrogens is 248 g/mol. The summed E-state index contributed by atoms with van der Waals surface area (Å²) in [6.45, 7) is 7.38. The monoisotopic (exact) mass is 272 g/mol. The van der Waals surface area contributed by atoms with E-state index in [2.05, 4.69) is 29.4 Å². The molecule has 0 aliphatic carbocycles. The Balaban J connectivity index is 2.49. The average Bonchev–Trinajstić information content (AvgIpc) is 2.82. The van der Waals surface area contributed by atoms with E-state index in [1.165, 1.54) is 0 Å². The Kier molecular flexibility index (Phi) is 7.39. The summed E-state index contributed by atoms with van der Waals surface area (Å²) >= 11 is 0. The van der Waals surface area contributed by atoms with E-state index < -0.39 is 0 Å². The predicted molar refractivity (Wildman–Crippen MR) is 72.0 cm³/mol. The van der Waals surface area contributed by atoms with Gasteiger partial charge in [-0.1, -0.05) is 18.9 Å². The van der Waals surface area contributed by atoms with Crippen LogP contribution in [0.15, 0.2) is 4.42 Å². The molecule has 1 aromatic heterocycles. The Morgan fingerprint density at radius 3 is 2.79 bits per heavy atom. The number of hydrogen-bond acceptors (Lipinski definition) is 7. The fraction of sp³-hybridized carbons (Fsp3) is 0.833. The molecule has 0 saturated carbocycles. The largest absolute Gasteiger partial charge is 0.407 e. The molecule has 1 rings (SSSR count). The predicted octanol–water partition coefficient (Wildman–Crippen LogP) is 0.260. The highest BCUT2D eigenvalue weighted by molar-refractivity contribution is 5.23. The first-order chi connectivity index (χ1) is 9.17. The molecule has 0 spiro atoms. The number of anilines is 1. The van der Waals surface area contributed by atoms with Crippen LogP contribution in [0.1, 0.15) is 19.7 Å². The van der Waals surface area contributed by atoms with Crippen molar-refractivity contribution in [3.05, 3.63) is 5.89 Å². The van der Waals surface area contributed by atoms with Crippen molar-refractivity contribution in [1.82, 2.24) is 15.5 Å². The molecule has 0 unspecified atom stereocenters. The van der Waals surface area contributed by atoms with Crippen LogP contribution < -0.4 is 10.2 Å². The first-order valence-electron chi connectivity index (χ1n) is 6.55. The molecule has 0 radical (unpaired) electrons. The van der Waals surface area contributed by atoms with E-state index in [0.29, 0.717) is 44.1 Å². The van der Waals surface area contributed by atoms with Gasteiger partial charge in [0.15, 0.2) is 0 Å². The first kappa shape index (κ1) is 15.9. The average molecular weight is 272 g/mol. The Bertz CT molecular complexity index is 343. The van der Waals surface area contributed by atoms with Crippen molar-refractivity contribution < 1.29 is 14.3 Å². The van der Waals surface area contributed by atoms with Gasteiger partial charge in [0.05, 0.1) is 19.8 Å². The third-order valence-corrected chi connectivity index (χ3v) is 2.49. The third kappa shape index (κ3) is 6.00. The zero-order valence-corrected chi connectivity index (χ0v) is 11.9. The van der Waals surface area contributed by atoms with E-state index in [1.54, 1.807) is 7.11 Å². The van der Waals surface area contributed by atoms with E-state index in [4.69, 9.17) is 14.3 Å². The van der Waals surface area contributed by atoms with Gasteiger partial charge in [-0.25, -0.2) is 0 Å². The summed E-state index contributed by atoms with van der Waals surface area (Å²) < 4.78 is 10.6. The fourth-order valence-electron chi connectivity index (χ4n) is 1.54. The third-order valence-electron chi connectivity index (χ3n) is 2.49. The number of methoxy groups -OCH3 is 1. The van der Waals surface area contributed by atoms with Crippen molar-refractivity contribution in [2.24, 2.45) is 5.92 Å². The lowest BCUT2D eigenvalue weighted by atomic mass is 10.2. The molecule has 7 nitrogen and oxygen atoms in total. The van der Waals surface area contributed by atoms with Gasteiger partial charge in [0.1, 0.15) is 0 Å². The molecule has 110 valence electrons. The molecule has 1 heterocycles. The van der Waals surface area contributed by atoms with Crippen molar-refractivity contribution >= 4 is 6.01 Å². The number of aromatic nitrogens is 2. The van der Waals surface area contributed by atoms with Crippen LogP contribution >= 0.6 is 0 Å². The minimum Gasteiger partial charge on any atom is -0.407 e. The van der Waals surface area contributed by atoms with Crippen molar-refractivity contribution in [3.63, 3.8) is 0 Å². The molecule has 0 aliphatic heterocycles. The van der Waals surface area contributed by atoms with Crippen LogP contribution in [0.4, 0.5) is 6.01 Å². The second-order valence-electron chi connectivity index (χ2n) is 4.71. The molecule has 0 aromatic carbocycles. The van der Waals surface area contributed by atoms with Crippen LogP contribution in [0.3, 0.4) is 0 Å². The van der Waals surface area contributed by atoms with Gasteiger partial charge in [-0.2, -0.15) is 0 Å². The summed E-state index contributed by atoms with van der Waals surface area (Å²) in [5, 5.41) is 20.2. The Labute approximate surface area is 114 Å². The summed E-state index contributed by atoms with van der Waals surface area (Å²) in [6, 6.07) is 0.424. The Morgan fingerprint density at radius 1 is 1.37 bits per heavy atom. The lowest BCUT2D eigenvalue weighted by Gasteiger charge is -2.17. The molecular formula is C12H24N4O3. The smallest absolute Gasteiger partial charge is 0.318 e. The van der Waals surface area contributed by atoms with Crippen LogP contribution in [0.2, 0.25) is 0 Å². The highest BCUT2D eigenvalue weighted by atomic mass is 16.5. The highest BCUT2D eigenvalue weighted by Gasteiger charge is 2.13. The summed E-state index contributed by atoms with van der Waals surface area (Å²) in [4.78, 5) is 1.81. The Hall–Kier alpha value is -1.18. The van der Waals surface area contributed by atoms with E-state index in [1.807, 2.05) is 4.90 Å². The van der Waals surface area contributed by atoms with Crippen molar-refractivity contribution in [2.45, 2.75) is 20.4 Å². The SMILES string of the molecule is COCCN(CCO)c1nnc(CNCC(C)C)o1. The van der Waals surface area contributed by atoms with E-state index in [0.717, 1.165) is 6.54 Å². The maximum absolute atomic E-state index is 9.02. The van der Waals surface area contributed by atoms with Crippen LogP contribution in [-0.4, -0.2) is 55.3 Å². The minimum absolute atomic E-state index is 0.0347. The van der Waals surface area contributed by atoms with Gasteiger partial charge in [0.25, 0.3) is 0 Å². The van der Waals surface area contributed by atoms with Gasteiger partial charge in [-0.15, -0.1) is 5.10 Å². The van der Waals surface area contributed by atoms with Crippen molar-refractivity contribution in [1.29, 1.82) is 0 Å². The number of aliphatic hydroxyl groups is 1. The lowest BCUT2D eigenvalue weighted by molar-refractivity contribution is 0.201. The molecule has 1 aromatic rings. The molecule has 7 heteroatoms. The first-order valence-corrected chi connectivity index (χ1v) is 6.55. The lowest BCUT2D eigenvalue weighted by Crippen LogP contribution is -2.30. The molecule has 0 saturated heterocycles. The van der Waals surface area contributed by atoms with Gasteiger partial charge < -0.3 is 24.5 Å². The van der Waals surface area contributed by atoms with Crippen LogP contribution in [0.25, 0.3) is 0 Å². The highest BCUT2D eigenvalue weighted by Crippen LogP contribution is 2.11. The molecule has 0 bridgehead atoms. The molecule has 2 N–H and O–H groups in total. The molecule has 0 fully saturated rings. The summed E-state index contributed by atoms with van der Waals surface area (Å²) in [5.74, 6) is 1.13. The van der Waals surface area contributed by atoms with E-state index in [9.17, 15) is 0 Å². The zero-order chi connectivity index (χ0) is 14.1. The number of ether oxygens (including phenoxy) is 1. The van der Waals surface area contributed by atoms with Crippen LogP contribution in [0.5, 0.6) is 0 Å². The Morgan fingerprint density at radius 2 is 2.16 bits per heavy atom. The van der Waals surface area contributed by atoms with Crippen molar-refractivity contribution in [2.75, 3.05) is 44.9 Å². The fourth-order valence-corrected chi connectivity index (χ4v) is 1.54. The number of hydrogen-bond donors (Lipinski definition) is 2. The topological polar surface area (TPSA) is 83.7 Å². The second-order valence-corrected chi connectivity index (χ2v) is 4.71. The van der Waals surface area contributed by atoms with Crippen molar-refractivity contribution in [3.8, 4) is 0 Å². The molecule has 0 aliphatic rings. The number of rotatable bonds is 10. The summed E-state index contributed by atoms with van der Waals surface area (Å²) in [5.41, 5.74) is 0. The van der Waals surface area contributed by atoms with Crippen LogP contribution in [-0.2, 0) is 11.3 Å². The maximum atomic E-state index is 9.02. The standard InChI is InChI=1S/C12H24N4O3/c1-10(2)8-13-9-11-14-15-12(19-11)16(4-6-17)5-7-18-3/h10,13,17H,4-9H2,1-3H3. The normalized spacial score (nSPS) is 11.2. The van der Waals surface area contributed by atoms with Gasteiger partial charge in [0, 0.05) is 20.2 Å². The molecule has 0 atom stereocenters. The zero-order valence-electron chi connectivity index (χ0n) is 11.9. The number of nitrogens with zero attached hydrogens (tertiary/aromatic N) is 3. The maximum Gasteiger partial charge on any atom is 0.318 e. The van der Waals surface area contributed by atoms with Crippen LogP contribution in [0, 0.1) is 5.92 Å². The van der Waals surface area contributed by atoms with E-state index in [-0.39, 0.29) is 6.61 Å².